The van der Waals surface area contributed by atoms with E-state index in [0.29, 0.717) is 6.54 Å². The molecule has 0 saturated heterocycles. The third-order valence-corrected chi connectivity index (χ3v) is 2.04. The van der Waals surface area contributed by atoms with Gasteiger partial charge in [-0.25, -0.2) is 0 Å². The van der Waals surface area contributed by atoms with E-state index in [1.165, 1.54) is 0 Å². The molecule has 0 unspecified atom stereocenters. The highest BCUT2D eigenvalue weighted by Gasteiger charge is 1.97. The number of pyridine rings is 2. The minimum Gasteiger partial charge on any atom is -0.326 e. The molecule has 94 valence electrons. The molecule has 0 spiro atoms. The average Bonchev–Trinajstić information content (AvgIpc) is 2.30. The van der Waals surface area contributed by atoms with Gasteiger partial charge in [0, 0.05) is 30.7 Å². The van der Waals surface area contributed by atoms with Crippen molar-refractivity contribution in [2.75, 3.05) is 0 Å². The Morgan fingerprint density at radius 2 is 1.59 bits per heavy atom. The van der Waals surface area contributed by atoms with Gasteiger partial charge in [-0.3, -0.25) is 9.97 Å². The quantitative estimate of drug-likeness (QED) is 0.926. The van der Waals surface area contributed by atoms with Gasteiger partial charge < -0.3 is 5.73 Å². The maximum Gasteiger partial charge on any atom is 0.0703 e. The van der Waals surface area contributed by atoms with Crippen molar-refractivity contribution in [2.24, 2.45) is 5.73 Å². The molecule has 0 bridgehead atoms. The summed E-state index contributed by atoms with van der Waals surface area (Å²) in [6.07, 6.45) is 5.32. The molecule has 3 nitrogen and oxygen atoms in total. The summed E-state index contributed by atoms with van der Waals surface area (Å²) in [5.41, 5.74) is 8.55. The number of rotatable bonds is 2. The van der Waals surface area contributed by atoms with Gasteiger partial charge in [0.15, 0.2) is 0 Å². The van der Waals surface area contributed by atoms with Crippen LogP contribution in [-0.4, -0.2) is 9.97 Å². The van der Waals surface area contributed by atoms with Crippen molar-refractivity contribution in [1.29, 1.82) is 0 Å². The minimum absolute atomic E-state index is 0. The first-order valence-electron chi connectivity index (χ1n) is 4.45. The van der Waals surface area contributed by atoms with E-state index in [4.69, 9.17) is 5.73 Å². The second kappa shape index (κ2) is 9.19. The number of aromatic nitrogens is 2. The van der Waals surface area contributed by atoms with Gasteiger partial charge in [-0.1, -0.05) is 6.07 Å². The van der Waals surface area contributed by atoms with Crippen molar-refractivity contribution in [3.63, 3.8) is 0 Å². The smallest absolute Gasteiger partial charge is 0.0703 e. The lowest BCUT2D eigenvalue weighted by molar-refractivity contribution is 1.05. The summed E-state index contributed by atoms with van der Waals surface area (Å²) in [5, 5.41) is 0. The van der Waals surface area contributed by atoms with Gasteiger partial charge in [-0.2, -0.15) is 0 Å². The van der Waals surface area contributed by atoms with E-state index < -0.39 is 0 Å². The predicted molar refractivity (Wildman–Crippen MR) is 77.1 cm³/mol. The summed E-state index contributed by atoms with van der Waals surface area (Å²) in [4.78, 5) is 8.27. The molecular formula is C11H14Cl3N3. The number of hydrogen-bond acceptors (Lipinski definition) is 3. The number of nitrogens with two attached hydrogens (primary N) is 1. The van der Waals surface area contributed by atoms with Crippen LogP contribution in [0.15, 0.2) is 42.9 Å². The topological polar surface area (TPSA) is 51.8 Å². The molecule has 2 N–H and O–H groups in total. The minimum atomic E-state index is 0. The van der Waals surface area contributed by atoms with Gasteiger partial charge in [0.2, 0.25) is 0 Å². The van der Waals surface area contributed by atoms with Crippen LogP contribution in [0, 0.1) is 0 Å². The van der Waals surface area contributed by atoms with E-state index in [2.05, 4.69) is 9.97 Å². The van der Waals surface area contributed by atoms with Gasteiger partial charge in [0.05, 0.1) is 5.69 Å². The fourth-order valence-corrected chi connectivity index (χ4v) is 1.24. The first-order valence-corrected chi connectivity index (χ1v) is 4.45. The molecule has 0 aliphatic rings. The zero-order valence-electron chi connectivity index (χ0n) is 8.95. The molecule has 0 aliphatic carbocycles. The second-order valence-corrected chi connectivity index (χ2v) is 2.99. The van der Waals surface area contributed by atoms with Crippen LogP contribution in [0.4, 0.5) is 0 Å². The van der Waals surface area contributed by atoms with Crippen LogP contribution < -0.4 is 5.73 Å². The Balaban J connectivity index is 0. The van der Waals surface area contributed by atoms with Crippen LogP contribution in [-0.2, 0) is 6.54 Å². The molecule has 0 amide bonds. The Kier molecular flexibility index (Phi) is 10.00. The predicted octanol–water partition coefficient (Wildman–Crippen LogP) is 2.87. The standard InChI is InChI=1S/C11H11N3.3ClH/c12-7-9-1-2-11(14-8-9)10-3-5-13-6-4-10;;;/h1-6,8H,7,12H2;3*1H. The maximum atomic E-state index is 5.49. The molecule has 2 aromatic heterocycles. The van der Waals surface area contributed by atoms with Gasteiger partial charge in [-0.05, 0) is 23.8 Å². The fraction of sp³-hybridized carbons (Fsp3) is 0.0909. The van der Waals surface area contributed by atoms with Crippen molar-refractivity contribution >= 4 is 37.2 Å². The highest BCUT2D eigenvalue weighted by Crippen LogP contribution is 2.14. The number of hydrogen-bond donors (Lipinski definition) is 1. The van der Waals surface area contributed by atoms with E-state index in [1.54, 1.807) is 18.6 Å². The van der Waals surface area contributed by atoms with Crippen LogP contribution in [0.2, 0.25) is 0 Å². The zero-order chi connectivity index (χ0) is 9.80. The van der Waals surface area contributed by atoms with Gasteiger partial charge in [0.25, 0.3) is 0 Å². The Bertz CT molecular complexity index is 406. The van der Waals surface area contributed by atoms with Crippen molar-refractivity contribution in [3.8, 4) is 11.3 Å². The Morgan fingerprint density at radius 1 is 0.941 bits per heavy atom. The van der Waals surface area contributed by atoms with E-state index in [0.717, 1.165) is 16.8 Å². The number of nitrogens with zero attached hydrogens (tertiary/aromatic N) is 2. The highest BCUT2D eigenvalue weighted by atomic mass is 35.5. The van der Waals surface area contributed by atoms with Gasteiger partial charge in [-0.15, -0.1) is 37.2 Å². The van der Waals surface area contributed by atoms with E-state index in [1.807, 2.05) is 24.3 Å². The normalized spacial score (nSPS) is 8.29. The Morgan fingerprint density at radius 3 is 2.06 bits per heavy atom. The second-order valence-electron chi connectivity index (χ2n) is 2.99. The third-order valence-electron chi connectivity index (χ3n) is 2.04. The molecule has 0 fully saturated rings. The Labute approximate surface area is 119 Å². The van der Waals surface area contributed by atoms with Crippen molar-refractivity contribution < 1.29 is 0 Å². The van der Waals surface area contributed by atoms with E-state index >= 15 is 0 Å². The molecule has 2 aromatic rings. The van der Waals surface area contributed by atoms with Gasteiger partial charge in [0.1, 0.15) is 0 Å². The first kappa shape index (κ1) is 18.5. The SMILES string of the molecule is Cl.Cl.Cl.NCc1ccc(-c2ccncc2)nc1. The largest absolute Gasteiger partial charge is 0.326 e. The molecule has 17 heavy (non-hydrogen) atoms. The average molecular weight is 295 g/mol. The third kappa shape index (κ3) is 4.88. The molecule has 0 aliphatic heterocycles. The monoisotopic (exact) mass is 293 g/mol. The molecule has 6 heteroatoms. The van der Waals surface area contributed by atoms with Crippen molar-refractivity contribution in [1.82, 2.24) is 9.97 Å². The zero-order valence-corrected chi connectivity index (χ0v) is 11.4. The van der Waals surface area contributed by atoms with Crippen LogP contribution in [0.1, 0.15) is 5.56 Å². The van der Waals surface area contributed by atoms with Crippen LogP contribution >= 0.6 is 37.2 Å². The highest BCUT2D eigenvalue weighted by molar-refractivity contribution is 5.86. The summed E-state index contributed by atoms with van der Waals surface area (Å²) < 4.78 is 0. The Hall–Kier alpha value is -0.870. The molecule has 0 saturated carbocycles. The van der Waals surface area contributed by atoms with Crippen LogP contribution in [0.3, 0.4) is 0 Å². The summed E-state index contributed by atoms with van der Waals surface area (Å²) in [6, 6.07) is 7.83. The van der Waals surface area contributed by atoms with Crippen LogP contribution in [0.25, 0.3) is 11.3 Å². The molecule has 0 radical (unpaired) electrons. The first-order chi connectivity index (χ1) is 6.90. The number of halogens is 3. The lowest BCUT2D eigenvalue weighted by Crippen LogP contribution is -1.96. The van der Waals surface area contributed by atoms with Gasteiger partial charge >= 0.3 is 0 Å². The van der Waals surface area contributed by atoms with Crippen molar-refractivity contribution in [3.05, 3.63) is 48.4 Å². The molecule has 2 heterocycles. The lowest BCUT2D eigenvalue weighted by atomic mass is 10.1. The summed E-state index contributed by atoms with van der Waals surface area (Å²) in [5.74, 6) is 0. The summed E-state index contributed by atoms with van der Waals surface area (Å²) >= 11 is 0. The maximum absolute atomic E-state index is 5.49. The van der Waals surface area contributed by atoms with E-state index in [-0.39, 0.29) is 37.2 Å². The molecule has 0 aromatic carbocycles. The van der Waals surface area contributed by atoms with Crippen molar-refractivity contribution in [2.45, 2.75) is 6.54 Å². The van der Waals surface area contributed by atoms with Crippen LogP contribution in [0.5, 0.6) is 0 Å². The summed E-state index contributed by atoms with van der Waals surface area (Å²) in [6.45, 7) is 0.531. The van der Waals surface area contributed by atoms with E-state index in [9.17, 15) is 0 Å². The molecular weight excluding hydrogens is 281 g/mol. The fourth-order valence-electron chi connectivity index (χ4n) is 1.24. The summed E-state index contributed by atoms with van der Waals surface area (Å²) in [7, 11) is 0. The lowest BCUT2D eigenvalue weighted by Gasteiger charge is -2.00. The molecule has 0 atom stereocenters. The molecule has 2 rings (SSSR count).